The Balaban J connectivity index is 4.89. The molecule has 9 nitrogen and oxygen atoms in total. The molecule has 3 atom stereocenters. The molecule has 0 aromatic rings. The number of quaternary nitrogens is 1. The predicted molar refractivity (Wildman–Crippen MR) is 370 cm³/mol. The lowest BCUT2D eigenvalue weighted by molar-refractivity contribution is -0.870. The molecule has 0 spiro atoms. The standard InChI is InChI=1S/C75H149N2O7P/c1-7-10-13-16-19-22-25-27-29-31-33-35-37-38-40-42-44-46-48-50-53-56-59-62-65-68-75(79)84-73(66-63-60-57-54-51-24-21-18-15-12-9-3)72(71-83-85(80,81)82-70-69-77(4,5)6)76-74(78)67-64-61-58-55-52-49-47-45-43-41-39-36-34-32-30-28-26-23-20-17-14-11-8-2/h63,66,72-73H,7-62,64-65,67-71H2,1-6H3,(H-,76,78,80,81)/p+1/b66-63+. The largest absolute Gasteiger partial charge is 0.472 e. The van der Waals surface area contributed by atoms with Crippen LogP contribution in [0.15, 0.2) is 12.2 Å². The van der Waals surface area contributed by atoms with E-state index in [-0.39, 0.29) is 25.1 Å². The molecule has 0 rings (SSSR count). The van der Waals surface area contributed by atoms with Gasteiger partial charge in [-0.25, -0.2) is 4.57 Å². The third-order valence-corrected chi connectivity index (χ3v) is 18.7. The number of carbonyl (C=O) groups excluding carboxylic acids is 2. The van der Waals surface area contributed by atoms with Crippen molar-refractivity contribution in [1.82, 2.24) is 5.32 Å². The average Bonchev–Trinajstić information content (AvgIpc) is 3.62. The first-order chi connectivity index (χ1) is 41.4. The number of phosphoric ester groups is 1. The van der Waals surface area contributed by atoms with Crippen LogP contribution in [0.25, 0.3) is 0 Å². The van der Waals surface area contributed by atoms with E-state index in [0.717, 1.165) is 57.8 Å². The van der Waals surface area contributed by atoms with Crippen molar-refractivity contribution in [1.29, 1.82) is 0 Å². The zero-order valence-electron chi connectivity index (χ0n) is 58.1. The SMILES string of the molecule is CCCCCCCCCCC/C=C/C(OC(=O)CCCCCCCCCCCCCCCCCCCCCCCCCCC)C(COP(=O)(O)OCC[N+](C)(C)C)NC(=O)CCCCCCCCCCCCCCCCCCCCCCCCC. The van der Waals surface area contributed by atoms with Gasteiger partial charge in [-0.05, 0) is 31.8 Å². The highest BCUT2D eigenvalue weighted by molar-refractivity contribution is 7.47. The summed E-state index contributed by atoms with van der Waals surface area (Å²) in [5.74, 6) is -0.475. The lowest BCUT2D eigenvalue weighted by atomic mass is 10.0. The molecule has 0 bridgehead atoms. The number of phosphoric acid groups is 1. The van der Waals surface area contributed by atoms with Gasteiger partial charge < -0.3 is 19.4 Å². The quantitative estimate of drug-likeness (QED) is 0.0205. The van der Waals surface area contributed by atoms with E-state index in [1.807, 2.05) is 27.2 Å². The molecule has 0 saturated carbocycles. The summed E-state index contributed by atoms with van der Waals surface area (Å²) in [5.41, 5.74) is 0. The number of allylic oxidation sites excluding steroid dienone is 1. The maximum Gasteiger partial charge on any atom is 0.472 e. The van der Waals surface area contributed by atoms with Crippen LogP contribution in [0.2, 0.25) is 0 Å². The second-order valence-corrected chi connectivity index (χ2v) is 29.0. The van der Waals surface area contributed by atoms with Crippen LogP contribution in [0.5, 0.6) is 0 Å². The zero-order valence-corrected chi connectivity index (χ0v) is 59.0. The van der Waals surface area contributed by atoms with Gasteiger partial charge in [0, 0.05) is 12.8 Å². The topological polar surface area (TPSA) is 111 Å². The van der Waals surface area contributed by atoms with Crippen molar-refractivity contribution in [3.8, 4) is 0 Å². The van der Waals surface area contributed by atoms with Crippen LogP contribution in [0.4, 0.5) is 0 Å². The van der Waals surface area contributed by atoms with Gasteiger partial charge >= 0.3 is 13.8 Å². The predicted octanol–water partition coefficient (Wildman–Crippen LogP) is 24.2. The summed E-state index contributed by atoms with van der Waals surface area (Å²) in [5, 5.41) is 3.08. The van der Waals surface area contributed by atoms with Gasteiger partial charge in [0.15, 0.2) is 0 Å². The fourth-order valence-corrected chi connectivity index (χ4v) is 12.6. The second-order valence-electron chi connectivity index (χ2n) is 27.5. The Morgan fingerprint density at radius 3 is 0.965 bits per heavy atom. The number of nitrogens with one attached hydrogen (secondary N) is 1. The van der Waals surface area contributed by atoms with Gasteiger partial charge in [0.1, 0.15) is 19.3 Å². The summed E-state index contributed by atoms with van der Waals surface area (Å²) >= 11 is 0. The van der Waals surface area contributed by atoms with Gasteiger partial charge in [0.05, 0.1) is 33.8 Å². The van der Waals surface area contributed by atoms with Crippen molar-refractivity contribution in [2.75, 3.05) is 40.9 Å². The van der Waals surface area contributed by atoms with Gasteiger partial charge in [0.25, 0.3) is 0 Å². The summed E-state index contributed by atoms with van der Waals surface area (Å²) in [6.07, 6.45) is 79.6. The fraction of sp³-hybridized carbons (Fsp3) is 0.947. The molecule has 0 aliphatic rings. The summed E-state index contributed by atoms with van der Waals surface area (Å²) in [6.45, 7) is 7.10. The van der Waals surface area contributed by atoms with Gasteiger partial charge in [-0.1, -0.05) is 374 Å². The molecule has 0 aliphatic heterocycles. The molecule has 506 valence electrons. The van der Waals surface area contributed by atoms with Crippen LogP contribution in [0.1, 0.15) is 406 Å². The molecule has 0 heterocycles. The molecule has 0 aromatic heterocycles. The molecule has 0 aliphatic carbocycles. The number of rotatable bonds is 71. The lowest BCUT2D eigenvalue weighted by Gasteiger charge is -2.27. The first kappa shape index (κ1) is 83.8. The first-order valence-corrected chi connectivity index (χ1v) is 39.5. The lowest BCUT2D eigenvalue weighted by Crippen LogP contribution is -2.47. The Morgan fingerprint density at radius 1 is 0.400 bits per heavy atom. The first-order valence-electron chi connectivity index (χ1n) is 38.0. The molecule has 0 saturated heterocycles. The normalized spacial score (nSPS) is 13.4. The van der Waals surface area contributed by atoms with E-state index in [1.165, 1.54) is 315 Å². The van der Waals surface area contributed by atoms with Crippen LogP contribution in [-0.4, -0.2) is 74.3 Å². The molecule has 0 aromatic carbocycles. The molecular formula is C75H150N2O7P+. The van der Waals surface area contributed by atoms with Crippen LogP contribution >= 0.6 is 7.82 Å². The number of nitrogens with zero attached hydrogens (tertiary/aromatic N) is 1. The number of hydrogen-bond donors (Lipinski definition) is 2. The van der Waals surface area contributed by atoms with E-state index in [1.54, 1.807) is 0 Å². The van der Waals surface area contributed by atoms with Crippen molar-refractivity contribution in [3.05, 3.63) is 12.2 Å². The van der Waals surface area contributed by atoms with E-state index >= 15 is 0 Å². The van der Waals surface area contributed by atoms with Crippen LogP contribution in [0.3, 0.4) is 0 Å². The molecule has 1 amide bonds. The van der Waals surface area contributed by atoms with Crippen LogP contribution < -0.4 is 5.32 Å². The Bertz CT molecular complexity index is 1450. The van der Waals surface area contributed by atoms with Crippen molar-refractivity contribution in [2.24, 2.45) is 0 Å². The minimum absolute atomic E-state index is 0.0461. The highest BCUT2D eigenvalue weighted by Crippen LogP contribution is 2.43. The Labute approximate surface area is 531 Å². The molecule has 0 radical (unpaired) electrons. The molecule has 3 unspecified atom stereocenters. The van der Waals surface area contributed by atoms with Gasteiger partial charge in [-0.3, -0.25) is 18.6 Å². The minimum atomic E-state index is -4.45. The van der Waals surface area contributed by atoms with Crippen molar-refractivity contribution in [3.63, 3.8) is 0 Å². The third kappa shape index (κ3) is 67.0. The fourth-order valence-electron chi connectivity index (χ4n) is 11.9. The van der Waals surface area contributed by atoms with E-state index < -0.39 is 20.0 Å². The Morgan fingerprint density at radius 2 is 0.671 bits per heavy atom. The smallest absolute Gasteiger partial charge is 0.456 e. The molecule has 0 fully saturated rings. The maximum absolute atomic E-state index is 13.6. The minimum Gasteiger partial charge on any atom is -0.456 e. The highest BCUT2D eigenvalue weighted by atomic mass is 31.2. The molecular weight excluding hydrogens is 1070 g/mol. The Kier molecular flexibility index (Phi) is 64.7. The number of carbonyl (C=O) groups is 2. The number of esters is 1. The molecule has 10 heteroatoms. The van der Waals surface area contributed by atoms with E-state index in [0.29, 0.717) is 23.9 Å². The van der Waals surface area contributed by atoms with Gasteiger partial charge in [-0.15, -0.1) is 0 Å². The van der Waals surface area contributed by atoms with Crippen LogP contribution in [-0.2, 0) is 27.9 Å². The number of unbranched alkanes of at least 4 members (excludes halogenated alkanes) is 55. The number of hydrogen-bond acceptors (Lipinski definition) is 6. The number of ether oxygens (including phenoxy) is 1. The monoisotopic (exact) mass is 1220 g/mol. The summed E-state index contributed by atoms with van der Waals surface area (Å²) in [7, 11) is 1.53. The van der Waals surface area contributed by atoms with E-state index in [4.69, 9.17) is 13.8 Å². The second kappa shape index (κ2) is 65.7. The molecule has 85 heavy (non-hydrogen) atoms. The summed E-state index contributed by atoms with van der Waals surface area (Å²) < 4.78 is 30.9. The summed E-state index contributed by atoms with van der Waals surface area (Å²) in [4.78, 5) is 37.9. The zero-order chi connectivity index (χ0) is 62.1. The Hall–Kier alpha value is -1.25. The van der Waals surface area contributed by atoms with Gasteiger partial charge in [-0.2, -0.15) is 0 Å². The third-order valence-electron chi connectivity index (χ3n) is 17.7. The number of amides is 1. The van der Waals surface area contributed by atoms with Crippen molar-refractivity contribution < 1.29 is 37.3 Å². The van der Waals surface area contributed by atoms with E-state index in [2.05, 4.69) is 32.2 Å². The number of likely N-dealkylation sites (N-methyl/N-ethyl adjacent to an activating group) is 1. The van der Waals surface area contributed by atoms with Crippen molar-refractivity contribution >= 4 is 19.7 Å². The van der Waals surface area contributed by atoms with Gasteiger partial charge in [0.2, 0.25) is 5.91 Å². The van der Waals surface area contributed by atoms with Crippen molar-refractivity contribution in [2.45, 2.75) is 418 Å². The molecule has 2 N–H and O–H groups in total. The highest BCUT2D eigenvalue weighted by Gasteiger charge is 2.30. The average molecular weight is 1220 g/mol. The van der Waals surface area contributed by atoms with Crippen LogP contribution in [0, 0.1) is 0 Å². The maximum atomic E-state index is 13.6. The summed E-state index contributed by atoms with van der Waals surface area (Å²) in [6, 6.07) is -0.841. The van der Waals surface area contributed by atoms with E-state index in [9.17, 15) is 19.0 Å².